The molecule has 4 heteroatoms. The number of carbonyl (C=O) groups excluding carboxylic acids is 1. The van der Waals surface area contributed by atoms with Crippen LogP contribution in [0.2, 0.25) is 0 Å². The molecule has 0 bridgehead atoms. The summed E-state index contributed by atoms with van der Waals surface area (Å²) in [5.74, 6) is -0.290. The van der Waals surface area contributed by atoms with E-state index < -0.39 is 5.97 Å². The van der Waals surface area contributed by atoms with Gasteiger partial charge in [-0.05, 0) is 52.4 Å². The number of phenolic OH excluding ortho intramolecular Hbond substituents is 1. The van der Waals surface area contributed by atoms with E-state index in [0.717, 1.165) is 9.13 Å². The second-order valence-corrected chi connectivity index (χ2v) is 4.86. The molecule has 0 amide bonds. The number of aromatic hydroxyl groups is 1. The third-order valence-corrected chi connectivity index (χ3v) is 3.51. The molecule has 3 nitrogen and oxygen atoms in total. The van der Waals surface area contributed by atoms with Crippen molar-refractivity contribution in [2.45, 2.75) is 0 Å². The summed E-state index contributed by atoms with van der Waals surface area (Å²) in [5.41, 5.74) is 2.01. The summed E-state index contributed by atoms with van der Waals surface area (Å²) in [6.07, 6.45) is 0. The summed E-state index contributed by atoms with van der Waals surface area (Å²) >= 11 is 2.19. The van der Waals surface area contributed by atoms with E-state index in [9.17, 15) is 9.90 Å². The first-order valence-corrected chi connectivity index (χ1v) is 6.37. The first kappa shape index (κ1) is 12.9. The zero-order chi connectivity index (χ0) is 13.1. The summed E-state index contributed by atoms with van der Waals surface area (Å²) in [7, 11) is 1.34. The van der Waals surface area contributed by atoms with Crippen molar-refractivity contribution < 1.29 is 14.6 Å². The van der Waals surface area contributed by atoms with Gasteiger partial charge in [-0.25, -0.2) is 4.79 Å². The highest BCUT2D eigenvalue weighted by Gasteiger charge is 2.15. The van der Waals surface area contributed by atoms with Gasteiger partial charge in [0.1, 0.15) is 5.75 Å². The van der Waals surface area contributed by atoms with E-state index in [-0.39, 0.29) is 5.75 Å². The molecule has 0 saturated heterocycles. The molecule has 18 heavy (non-hydrogen) atoms. The third kappa shape index (κ3) is 2.48. The van der Waals surface area contributed by atoms with Gasteiger partial charge in [-0.15, -0.1) is 0 Å². The second kappa shape index (κ2) is 5.39. The lowest BCUT2D eigenvalue weighted by atomic mass is 9.99. The van der Waals surface area contributed by atoms with E-state index in [1.165, 1.54) is 13.2 Å². The molecule has 2 aromatic rings. The van der Waals surface area contributed by atoms with Crippen LogP contribution in [0.25, 0.3) is 11.1 Å². The number of rotatable bonds is 2. The molecule has 0 fully saturated rings. The molecule has 0 atom stereocenters. The molecule has 1 N–H and O–H groups in total. The summed E-state index contributed by atoms with van der Waals surface area (Å²) in [4.78, 5) is 11.7. The fourth-order valence-electron chi connectivity index (χ4n) is 1.72. The molecule has 0 aliphatic carbocycles. The SMILES string of the molecule is COC(=O)c1ccc(O)cc1-c1ccccc1I. The van der Waals surface area contributed by atoms with Crippen molar-refractivity contribution in [2.75, 3.05) is 7.11 Å². The van der Waals surface area contributed by atoms with Crippen molar-refractivity contribution in [3.05, 3.63) is 51.6 Å². The van der Waals surface area contributed by atoms with Crippen LogP contribution >= 0.6 is 22.6 Å². The minimum atomic E-state index is -0.412. The summed E-state index contributed by atoms with van der Waals surface area (Å²) in [5, 5.41) is 9.59. The van der Waals surface area contributed by atoms with Crippen molar-refractivity contribution in [3.8, 4) is 16.9 Å². The largest absolute Gasteiger partial charge is 0.508 e. The number of carbonyl (C=O) groups is 1. The first-order chi connectivity index (χ1) is 8.63. The Labute approximate surface area is 119 Å². The molecular formula is C14H11IO3. The molecule has 0 aromatic heterocycles. The Morgan fingerprint density at radius 3 is 2.56 bits per heavy atom. The van der Waals surface area contributed by atoms with Gasteiger partial charge in [0.25, 0.3) is 0 Å². The van der Waals surface area contributed by atoms with Crippen LogP contribution in [0.3, 0.4) is 0 Å². The van der Waals surface area contributed by atoms with Crippen molar-refractivity contribution >= 4 is 28.6 Å². The zero-order valence-corrected chi connectivity index (χ0v) is 11.8. The molecule has 0 heterocycles. The molecule has 0 radical (unpaired) electrons. The number of hydrogen-bond acceptors (Lipinski definition) is 3. The van der Waals surface area contributed by atoms with Gasteiger partial charge in [0.2, 0.25) is 0 Å². The van der Waals surface area contributed by atoms with Gasteiger partial charge >= 0.3 is 5.97 Å². The van der Waals surface area contributed by atoms with Gasteiger partial charge in [0.05, 0.1) is 12.7 Å². The fraction of sp³-hybridized carbons (Fsp3) is 0.0714. The summed E-state index contributed by atoms with van der Waals surface area (Å²) in [6.45, 7) is 0. The Kier molecular flexibility index (Phi) is 3.86. The number of hydrogen-bond donors (Lipinski definition) is 1. The van der Waals surface area contributed by atoms with Gasteiger partial charge in [-0.3, -0.25) is 0 Å². The average molecular weight is 354 g/mol. The van der Waals surface area contributed by atoms with Crippen molar-refractivity contribution in [1.82, 2.24) is 0 Å². The molecule has 0 aliphatic rings. The number of halogens is 1. The lowest BCUT2D eigenvalue weighted by Gasteiger charge is -2.10. The molecule has 0 aliphatic heterocycles. The molecule has 92 valence electrons. The highest BCUT2D eigenvalue weighted by atomic mass is 127. The van der Waals surface area contributed by atoms with E-state index in [0.29, 0.717) is 11.1 Å². The van der Waals surface area contributed by atoms with Crippen LogP contribution in [0.5, 0.6) is 5.75 Å². The Bertz CT molecular complexity index is 593. The number of methoxy groups -OCH3 is 1. The molecule has 0 spiro atoms. The van der Waals surface area contributed by atoms with E-state index in [4.69, 9.17) is 4.74 Å². The lowest BCUT2D eigenvalue weighted by molar-refractivity contribution is 0.0601. The van der Waals surface area contributed by atoms with Gasteiger partial charge in [-0.1, -0.05) is 18.2 Å². The summed E-state index contributed by atoms with van der Waals surface area (Å²) in [6, 6.07) is 12.3. The Morgan fingerprint density at radius 1 is 1.17 bits per heavy atom. The average Bonchev–Trinajstić information content (AvgIpc) is 2.38. The van der Waals surface area contributed by atoms with Crippen molar-refractivity contribution in [1.29, 1.82) is 0 Å². The van der Waals surface area contributed by atoms with Gasteiger partial charge < -0.3 is 9.84 Å². The van der Waals surface area contributed by atoms with Crippen molar-refractivity contribution in [2.24, 2.45) is 0 Å². The maximum Gasteiger partial charge on any atom is 0.338 e. The number of benzene rings is 2. The Morgan fingerprint density at radius 2 is 1.89 bits per heavy atom. The van der Waals surface area contributed by atoms with E-state index in [1.54, 1.807) is 12.1 Å². The van der Waals surface area contributed by atoms with Crippen LogP contribution in [0, 0.1) is 3.57 Å². The van der Waals surface area contributed by atoms with Gasteiger partial charge in [0.15, 0.2) is 0 Å². The number of ether oxygens (including phenoxy) is 1. The predicted molar refractivity (Wildman–Crippen MR) is 77.6 cm³/mol. The highest BCUT2D eigenvalue weighted by Crippen LogP contribution is 2.31. The van der Waals surface area contributed by atoms with E-state index in [2.05, 4.69) is 22.6 Å². The molecule has 2 aromatic carbocycles. The predicted octanol–water partition coefficient (Wildman–Crippen LogP) is 3.45. The Hall–Kier alpha value is -1.56. The first-order valence-electron chi connectivity index (χ1n) is 5.29. The normalized spacial score (nSPS) is 10.1. The maximum atomic E-state index is 11.7. The number of phenols is 1. The maximum absolute atomic E-state index is 11.7. The van der Waals surface area contributed by atoms with Gasteiger partial charge in [0, 0.05) is 9.13 Å². The second-order valence-electron chi connectivity index (χ2n) is 3.70. The van der Waals surface area contributed by atoms with Crippen LogP contribution in [0.4, 0.5) is 0 Å². The highest BCUT2D eigenvalue weighted by molar-refractivity contribution is 14.1. The number of esters is 1. The monoisotopic (exact) mass is 354 g/mol. The van der Waals surface area contributed by atoms with Crippen LogP contribution in [0.1, 0.15) is 10.4 Å². The minimum Gasteiger partial charge on any atom is -0.508 e. The standard InChI is InChI=1S/C14H11IO3/c1-18-14(17)11-7-6-9(16)8-12(11)10-4-2-3-5-13(10)15/h2-8,16H,1H3. The van der Waals surface area contributed by atoms with Gasteiger partial charge in [-0.2, -0.15) is 0 Å². The molecule has 2 rings (SSSR count). The van der Waals surface area contributed by atoms with Crippen molar-refractivity contribution in [3.63, 3.8) is 0 Å². The fourth-order valence-corrected chi connectivity index (χ4v) is 2.40. The van der Waals surface area contributed by atoms with Crippen LogP contribution < -0.4 is 0 Å². The molecule has 0 saturated carbocycles. The topological polar surface area (TPSA) is 46.5 Å². The lowest BCUT2D eigenvalue weighted by Crippen LogP contribution is -2.03. The van der Waals surface area contributed by atoms with Crippen LogP contribution in [-0.2, 0) is 4.74 Å². The van der Waals surface area contributed by atoms with Crippen LogP contribution in [-0.4, -0.2) is 18.2 Å². The quantitative estimate of drug-likeness (QED) is 0.664. The molecule has 0 unspecified atom stereocenters. The minimum absolute atomic E-state index is 0.123. The Balaban J connectivity index is 2.66. The van der Waals surface area contributed by atoms with Crippen LogP contribution in [0.15, 0.2) is 42.5 Å². The van der Waals surface area contributed by atoms with E-state index >= 15 is 0 Å². The summed E-state index contributed by atoms with van der Waals surface area (Å²) < 4.78 is 5.76. The van der Waals surface area contributed by atoms with E-state index in [1.807, 2.05) is 24.3 Å². The smallest absolute Gasteiger partial charge is 0.338 e. The zero-order valence-electron chi connectivity index (χ0n) is 9.68. The molecular weight excluding hydrogens is 343 g/mol. The third-order valence-electron chi connectivity index (χ3n) is 2.57.